The first-order chi connectivity index (χ1) is 9.20. The molecule has 1 aromatic rings. The van der Waals surface area contributed by atoms with E-state index in [1.807, 2.05) is 6.07 Å². The van der Waals surface area contributed by atoms with Crippen molar-refractivity contribution in [3.63, 3.8) is 0 Å². The maximum atomic E-state index is 5.34. The molecular weight excluding hydrogens is 234 g/mol. The Morgan fingerprint density at radius 3 is 2.84 bits per heavy atom. The van der Waals surface area contributed by atoms with Gasteiger partial charge in [0.2, 0.25) is 0 Å². The van der Waals surface area contributed by atoms with E-state index in [2.05, 4.69) is 49.3 Å². The van der Waals surface area contributed by atoms with Crippen molar-refractivity contribution in [1.29, 1.82) is 0 Å². The van der Waals surface area contributed by atoms with Gasteiger partial charge in [-0.2, -0.15) is 0 Å². The first kappa shape index (κ1) is 14.1. The van der Waals surface area contributed by atoms with Gasteiger partial charge in [-0.25, -0.2) is 0 Å². The molecule has 104 valence electrons. The van der Waals surface area contributed by atoms with Gasteiger partial charge in [0.1, 0.15) is 5.75 Å². The summed E-state index contributed by atoms with van der Waals surface area (Å²) in [7, 11) is 6.06. The summed E-state index contributed by atoms with van der Waals surface area (Å²) in [6, 6.07) is 8.93. The van der Waals surface area contributed by atoms with Crippen LogP contribution in [0.1, 0.15) is 37.3 Å². The molecule has 0 N–H and O–H groups in total. The molecule has 0 aromatic heterocycles. The fourth-order valence-electron chi connectivity index (χ4n) is 2.86. The standard InChI is InChI=1S/C17H25NO/c1-18(2)17(12-14-8-5-4-6-9-14)15-10-7-11-16(13-15)19-3/h5,7-8,10-11,13-14,17H,4,6,9,12H2,1-3H3. The quantitative estimate of drug-likeness (QED) is 0.740. The van der Waals surface area contributed by atoms with Crippen LogP contribution in [0, 0.1) is 5.92 Å². The van der Waals surface area contributed by atoms with Gasteiger partial charge in [0, 0.05) is 6.04 Å². The number of methoxy groups -OCH3 is 1. The smallest absolute Gasteiger partial charge is 0.119 e. The molecule has 0 amide bonds. The largest absolute Gasteiger partial charge is 0.497 e. The maximum absolute atomic E-state index is 5.34. The van der Waals surface area contributed by atoms with Crippen LogP contribution in [-0.4, -0.2) is 26.1 Å². The zero-order chi connectivity index (χ0) is 13.7. The van der Waals surface area contributed by atoms with Crippen LogP contribution in [0.4, 0.5) is 0 Å². The average molecular weight is 259 g/mol. The Balaban J connectivity index is 2.14. The third-order valence-electron chi connectivity index (χ3n) is 3.98. The number of benzene rings is 1. The molecule has 0 aliphatic heterocycles. The second kappa shape index (κ2) is 6.76. The Kier molecular flexibility index (Phi) is 5.03. The minimum Gasteiger partial charge on any atom is -0.497 e. The van der Waals surface area contributed by atoms with Crippen LogP contribution in [0.2, 0.25) is 0 Å². The first-order valence-electron chi connectivity index (χ1n) is 7.17. The fourth-order valence-corrected chi connectivity index (χ4v) is 2.86. The van der Waals surface area contributed by atoms with Gasteiger partial charge >= 0.3 is 0 Å². The van der Waals surface area contributed by atoms with Gasteiger partial charge in [0.15, 0.2) is 0 Å². The fraction of sp³-hybridized carbons (Fsp3) is 0.529. The van der Waals surface area contributed by atoms with Crippen LogP contribution in [0.5, 0.6) is 5.75 Å². The van der Waals surface area contributed by atoms with Crippen molar-refractivity contribution in [3.8, 4) is 5.75 Å². The van der Waals surface area contributed by atoms with E-state index in [1.54, 1.807) is 7.11 Å². The Morgan fingerprint density at radius 1 is 1.37 bits per heavy atom. The summed E-state index contributed by atoms with van der Waals surface area (Å²) in [5, 5.41) is 0. The maximum Gasteiger partial charge on any atom is 0.119 e. The molecule has 2 rings (SSSR count). The normalized spacial score (nSPS) is 20.5. The molecular formula is C17H25NO. The molecule has 2 atom stereocenters. The highest BCUT2D eigenvalue weighted by Crippen LogP contribution is 2.32. The van der Waals surface area contributed by atoms with Crippen LogP contribution >= 0.6 is 0 Å². The lowest BCUT2D eigenvalue weighted by Crippen LogP contribution is -2.22. The second-order valence-electron chi connectivity index (χ2n) is 5.61. The van der Waals surface area contributed by atoms with Gasteiger partial charge in [-0.1, -0.05) is 24.3 Å². The molecule has 0 radical (unpaired) electrons. The summed E-state index contributed by atoms with van der Waals surface area (Å²) in [5.41, 5.74) is 1.35. The Bertz CT molecular complexity index is 425. The highest BCUT2D eigenvalue weighted by molar-refractivity contribution is 5.30. The van der Waals surface area contributed by atoms with E-state index in [0.29, 0.717) is 12.0 Å². The molecule has 0 saturated carbocycles. The van der Waals surface area contributed by atoms with Crippen molar-refractivity contribution in [1.82, 2.24) is 4.90 Å². The highest BCUT2D eigenvalue weighted by Gasteiger charge is 2.20. The molecule has 1 aromatic carbocycles. The summed E-state index contributed by atoms with van der Waals surface area (Å²) in [5.74, 6) is 1.66. The lowest BCUT2D eigenvalue weighted by atomic mass is 9.87. The summed E-state index contributed by atoms with van der Waals surface area (Å²) in [6.07, 6.45) is 9.84. The first-order valence-corrected chi connectivity index (χ1v) is 7.17. The van der Waals surface area contributed by atoms with Crippen LogP contribution in [0.25, 0.3) is 0 Å². The zero-order valence-corrected chi connectivity index (χ0v) is 12.3. The van der Waals surface area contributed by atoms with E-state index in [-0.39, 0.29) is 0 Å². The molecule has 0 saturated heterocycles. The number of nitrogens with zero attached hydrogens (tertiary/aromatic N) is 1. The minimum atomic E-state index is 0.461. The van der Waals surface area contributed by atoms with Crippen molar-refractivity contribution in [3.05, 3.63) is 42.0 Å². The number of ether oxygens (including phenoxy) is 1. The van der Waals surface area contributed by atoms with E-state index < -0.39 is 0 Å². The van der Waals surface area contributed by atoms with Gasteiger partial charge in [0.25, 0.3) is 0 Å². The number of hydrogen-bond donors (Lipinski definition) is 0. The molecule has 2 unspecified atom stereocenters. The lowest BCUT2D eigenvalue weighted by Gasteiger charge is -2.29. The third kappa shape index (κ3) is 3.84. The summed E-state index contributed by atoms with van der Waals surface area (Å²) in [4.78, 5) is 2.32. The van der Waals surface area contributed by atoms with Crippen molar-refractivity contribution in [2.24, 2.45) is 5.92 Å². The van der Waals surface area contributed by atoms with Gasteiger partial charge in [-0.05, 0) is 63.4 Å². The van der Waals surface area contributed by atoms with Crippen molar-refractivity contribution in [2.45, 2.75) is 31.7 Å². The van der Waals surface area contributed by atoms with E-state index in [4.69, 9.17) is 4.74 Å². The lowest BCUT2D eigenvalue weighted by molar-refractivity contribution is 0.254. The van der Waals surface area contributed by atoms with E-state index in [0.717, 1.165) is 5.75 Å². The Labute approximate surface area is 117 Å². The topological polar surface area (TPSA) is 12.5 Å². The van der Waals surface area contributed by atoms with Crippen LogP contribution in [0.3, 0.4) is 0 Å². The SMILES string of the molecule is COc1cccc(C(CC2C=CCCC2)N(C)C)c1. The van der Waals surface area contributed by atoms with Gasteiger partial charge in [0.05, 0.1) is 7.11 Å². The molecule has 2 nitrogen and oxygen atoms in total. The highest BCUT2D eigenvalue weighted by atomic mass is 16.5. The van der Waals surface area contributed by atoms with Crippen LogP contribution in [0.15, 0.2) is 36.4 Å². The molecule has 0 spiro atoms. The number of hydrogen-bond acceptors (Lipinski definition) is 2. The predicted octanol–water partition coefficient (Wildman–Crippen LogP) is 4.04. The Hall–Kier alpha value is -1.28. The molecule has 1 aliphatic rings. The van der Waals surface area contributed by atoms with E-state index >= 15 is 0 Å². The zero-order valence-electron chi connectivity index (χ0n) is 12.3. The molecule has 0 heterocycles. The number of allylic oxidation sites excluding steroid dienone is 2. The minimum absolute atomic E-state index is 0.461. The van der Waals surface area contributed by atoms with Gasteiger partial charge < -0.3 is 9.64 Å². The summed E-state index contributed by atoms with van der Waals surface area (Å²) >= 11 is 0. The van der Waals surface area contributed by atoms with Crippen molar-refractivity contribution >= 4 is 0 Å². The molecule has 1 aliphatic carbocycles. The number of rotatable bonds is 5. The predicted molar refractivity (Wildman–Crippen MR) is 80.5 cm³/mol. The summed E-state index contributed by atoms with van der Waals surface area (Å²) in [6.45, 7) is 0. The molecule has 2 heteroatoms. The van der Waals surface area contributed by atoms with Gasteiger partial charge in [-0.3, -0.25) is 0 Å². The molecule has 0 fully saturated rings. The van der Waals surface area contributed by atoms with Crippen molar-refractivity contribution in [2.75, 3.05) is 21.2 Å². The van der Waals surface area contributed by atoms with Crippen molar-refractivity contribution < 1.29 is 4.74 Å². The average Bonchev–Trinajstić information content (AvgIpc) is 2.45. The molecule has 19 heavy (non-hydrogen) atoms. The van der Waals surface area contributed by atoms with Gasteiger partial charge in [-0.15, -0.1) is 0 Å². The van der Waals surface area contributed by atoms with Crippen LogP contribution < -0.4 is 4.74 Å². The Morgan fingerprint density at radius 2 is 2.21 bits per heavy atom. The summed E-state index contributed by atoms with van der Waals surface area (Å²) < 4.78 is 5.34. The second-order valence-corrected chi connectivity index (χ2v) is 5.61. The van der Waals surface area contributed by atoms with E-state index in [1.165, 1.54) is 31.2 Å². The third-order valence-corrected chi connectivity index (χ3v) is 3.98. The van der Waals surface area contributed by atoms with E-state index in [9.17, 15) is 0 Å². The molecule has 0 bridgehead atoms. The van der Waals surface area contributed by atoms with Crippen LogP contribution in [-0.2, 0) is 0 Å². The monoisotopic (exact) mass is 259 g/mol.